The van der Waals surface area contributed by atoms with Gasteiger partial charge < -0.3 is 10.6 Å². The van der Waals surface area contributed by atoms with Crippen LogP contribution in [-0.4, -0.2) is 23.1 Å². The van der Waals surface area contributed by atoms with Crippen LogP contribution < -0.4 is 10.6 Å². The first-order valence-corrected chi connectivity index (χ1v) is 9.47. The van der Waals surface area contributed by atoms with Gasteiger partial charge in [-0.2, -0.15) is 0 Å². The molecule has 1 aliphatic rings. The fourth-order valence-corrected chi connectivity index (χ4v) is 3.36. The summed E-state index contributed by atoms with van der Waals surface area (Å²) >= 11 is 0. The second-order valence-electron chi connectivity index (χ2n) is 8.31. The van der Waals surface area contributed by atoms with Crippen LogP contribution in [0.4, 0.5) is 0 Å². The van der Waals surface area contributed by atoms with Crippen LogP contribution >= 0.6 is 0 Å². The highest BCUT2D eigenvalue weighted by Gasteiger charge is 2.17. The normalized spacial score (nSPS) is 19.8. The zero-order valence-electron chi connectivity index (χ0n) is 15.9. The van der Waals surface area contributed by atoms with Crippen molar-refractivity contribution in [2.45, 2.75) is 77.9 Å². The molecule has 1 aliphatic carbocycles. The molecule has 134 valence electrons. The molecular weight excluding hydrogens is 294 g/mol. The van der Waals surface area contributed by atoms with Gasteiger partial charge in [0.05, 0.1) is 0 Å². The van der Waals surface area contributed by atoms with Gasteiger partial charge >= 0.3 is 0 Å². The summed E-state index contributed by atoms with van der Waals surface area (Å²) < 4.78 is 0. The first-order valence-electron chi connectivity index (χ1n) is 9.47. The van der Waals surface area contributed by atoms with Crippen LogP contribution in [0, 0.1) is 5.92 Å². The first-order chi connectivity index (χ1) is 11.4. The minimum Gasteiger partial charge on any atom is -0.312 e. The molecule has 0 aromatic carbocycles. The average molecular weight is 330 g/mol. The van der Waals surface area contributed by atoms with Gasteiger partial charge in [-0.05, 0) is 83.9 Å². The molecule has 2 rings (SSSR count). The van der Waals surface area contributed by atoms with E-state index in [0.717, 1.165) is 19.0 Å². The molecule has 2 N–H and O–H groups in total. The lowest BCUT2D eigenvalue weighted by Crippen LogP contribution is -2.36. The fraction of sp³-hybridized carbons (Fsp3) is 0.667. The third kappa shape index (κ3) is 7.59. The lowest BCUT2D eigenvalue weighted by atomic mass is 9.84. The Balaban J connectivity index is 1.64. The topological polar surface area (TPSA) is 37.0 Å². The Kier molecular flexibility index (Phi) is 7.44. The molecule has 0 radical (unpaired) electrons. The Morgan fingerprint density at radius 3 is 2.79 bits per heavy atom. The Hall–Kier alpha value is -1.19. The van der Waals surface area contributed by atoms with Gasteiger partial charge in [0.25, 0.3) is 0 Å². The van der Waals surface area contributed by atoms with Crippen molar-refractivity contribution in [1.29, 1.82) is 0 Å². The number of nitrogens with zero attached hydrogens (tertiary/aromatic N) is 1. The molecule has 0 saturated carbocycles. The summed E-state index contributed by atoms with van der Waals surface area (Å²) in [6.07, 6.45) is 12.6. The van der Waals surface area contributed by atoms with Crippen LogP contribution in [0.5, 0.6) is 0 Å². The smallest absolute Gasteiger partial charge is 0.0312 e. The molecule has 0 fully saturated rings. The van der Waals surface area contributed by atoms with Crippen molar-refractivity contribution in [3.8, 4) is 0 Å². The number of hydrogen-bond donors (Lipinski definition) is 2. The third-order valence-electron chi connectivity index (χ3n) is 4.78. The first kappa shape index (κ1) is 19.1. The van der Waals surface area contributed by atoms with Gasteiger partial charge in [0.2, 0.25) is 0 Å². The molecule has 3 heteroatoms. The van der Waals surface area contributed by atoms with Crippen LogP contribution in [0.3, 0.4) is 0 Å². The second-order valence-corrected chi connectivity index (χ2v) is 8.31. The van der Waals surface area contributed by atoms with Crippen molar-refractivity contribution in [1.82, 2.24) is 15.6 Å². The summed E-state index contributed by atoms with van der Waals surface area (Å²) in [7, 11) is 0. The molecule has 24 heavy (non-hydrogen) atoms. The van der Waals surface area contributed by atoms with E-state index in [0.29, 0.717) is 6.04 Å². The minimum absolute atomic E-state index is 0.229. The standard InChI is InChI=1S/C21H35N3/c1-17(23-16-20-6-5-12-22-15-20)14-19-9-7-18(8-10-19)11-13-24-21(2,3)4/h5-7,12,15,17,19,23-24H,8-11,13-14,16H2,1-4H3. The molecule has 1 aromatic heterocycles. The third-order valence-corrected chi connectivity index (χ3v) is 4.78. The SMILES string of the molecule is CC(CC1CC=C(CCNC(C)(C)C)CC1)NCc1cccnc1. The van der Waals surface area contributed by atoms with Gasteiger partial charge in [0.15, 0.2) is 0 Å². The van der Waals surface area contributed by atoms with E-state index in [1.54, 1.807) is 5.57 Å². The van der Waals surface area contributed by atoms with Crippen molar-refractivity contribution in [2.24, 2.45) is 5.92 Å². The molecule has 0 amide bonds. The Morgan fingerprint density at radius 2 is 2.17 bits per heavy atom. The van der Waals surface area contributed by atoms with Crippen molar-refractivity contribution < 1.29 is 0 Å². The van der Waals surface area contributed by atoms with E-state index in [-0.39, 0.29) is 5.54 Å². The zero-order chi connectivity index (χ0) is 17.4. The van der Waals surface area contributed by atoms with Gasteiger partial charge in [-0.3, -0.25) is 4.98 Å². The van der Waals surface area contributed by atoms with E-state index in [9.17, 15) is 0 Å². The summed E-state index contributed by atoms with van der Waals surface area (Å²) in [5, 5.41) is 7.23. The van der Waals surface area contributed by atoms with Crippen LogP contribution in [0.1, 0.15) is 65.4 Å². The van der Waals surface area contributed by atoms with E-state index in [4.69, 9.17) is 0 Å². The maximum absolute atomic E-state index is 4.17. The van der Waals surface area contributed by atoms with Crippen LogP contribution in [0.25, 0.3) is 0 Å². The van der Waals surface area contributed by atoms with E-state index in [1.165, 1.54) is 37.7 Å². The van der Waals surface area contributed by atoms with Crippen LogP contribution in [0.15, 0.2) is 36.2 Å². The molecule has 2 unspecified atom stereocenters. The average Bonchev–Trinajstić information content (AvgIpc) is 2.54. The van der Waals surface area contributed by atoms with Crippen LogP contribution in [0.2, 0.25) is 0 Å². The summed E-state index contributed by atoms with van der Waals surface area (Å²) in [6, 6.07) is 4.70. The molecule has 2 atom stereocenters. The van der Waals surface area contributed by atoms with Gasteiger partial charge in [-0.15, -0.1) is 0 Å². The number of hydrogen-bond acceptors (Lipinski definition) is 3. The van der Waals surface area contributed by atoms with E-state index >= 15 is 0 Å². The summed E-state index contributed by atoms with van der Waals surface area (Å²) in [6.45, 7) is 11.0. The van der Waals surface area contributed by atoms with Gasteiger partial charge in [-0.1, -0.05) is 17.7 Å². The van der Waals surface area contributed by atoms with E-state index in [2.05, 4.69) is 55.5 Å². The zero-order valence-corrected chi connectivity index (χ0v) is 15.9. The number of allylic oxidation sites excluding steroid dienone is 1. The molecule has 1 aromatic rings. The lowest BCUT2D eigenvalue weighted by Gasteiger charge is -2.26. The Bertz CT molecular complexity index is 502. The van der Waals surface area contributed by atoms with Crippen molar-refractivity contribution >= 4 is 0 Å². The monoisotopic (exact) mass is 329 g/mol. The highest BCUT2D eigenvalue weighted by Crippen LogP contribution is 2.28. The van der Waals surface area contributed by atoms with Crippen molar-refractivity contribution in [3.63, 3.8) is 0 Å². The molecule has 0 saturated heterocycles. The fourth-order valence-electron chi connectivity index (χ4n) is 3.36. The van der Waals surface area contributed by atoms with Crippen molar-refractivity contribution in [3.05, 3.63) is 41.7 Å². The Morgan fingerprint density at radius 1 is 1.33 bits per heavy atom. The quantitative estimate of drug-likeness (QED) is 0.692. The summed E-state index contributed by atoms with van der Waals surface area (Å²) in [4.78, 5) is 4.17. The molecule has 3 nitrogen and oxygen atoms in total. The Labute approximate surface area is 148 Å². The largest absolute Gasteiger partial charge is 0.312 e. The molecule has 0 spiro atoms. The molecule has 1 heterocycles. The maximum Gasteiger partial charge on any atom is 0.0312 e. The van der Waals surface area contributed by atoms with Gasteiger partial charge in [0, 0.05) is 30.5 Å². The predicted molar refractivity (Wildman–Crippen MR) is 103 cm³/mol. The highest BCUT2D eigenvalue weighted by atomic mass is 14.9. The second kappa shape index (κ2) is 9.33. The van der Waals surface area contributed by atoms with Gasteiger partial charge in [0.1, 0.15) is 0 Å². The minimum atomic E-state index is 0.229. The number of aromatic nitrogens is 1. The predicted octanol–water partition coefficient (Wildman–Crippen LogP) is 4.45. The molecule has 0 aliphatic heterocycles. The van der Waals surface area contributed by atoms with E-state index < -0.39 is 0 Å². The molecule has 0 bridgehead atoms. The number of pyridine rings is 1. The molecular formula is C21H35N3. The maximum atomic E-state index is 4.17. The van der Waals surface area contributed by atoms with Crippen LogP contribution in [-0.2, 0) is 6.54 Å². The highest BCUT2D eigenvalue weighted by molar-refractivity contribution is 5.09. The summed E-state index contributed by atoms with van der Waals surface area (Å²) in [5.41, 5.74) is 3.15. The number of nitrogens with one attached hydrogen (secondary N) is 2. The summed E-state index contributed by atoms with van der Waals surface area (Å²) in [5.74, 6) is 0.834. The lowest BCUT2D eigenvalue weighted by molar-refractivity contribution is 0.365. The van der Waals surface area contributed by atoms with Crippen molar-refractivity contribution in [2.75, 3.05) is 6.54 Å². The number of rotatable bonds is 8. The van der Waals surface area contributed by atoms with Gasteiger partial charge in [-0.25, -0.2) is 0 Å². The van der Waals surface area contributed by atoms with E-state index in [1.807, 2.05) is 18.5 Å².